The lowest BCUT2D eigenvalue weighted by Crippen LogP contribution is -2.35. The summed E-state index contributed by atoms with van der Waals surface area (Å²) in [7, 11) is 0. The van der Waals surface area contributed by atoms with Crippen LogP contribution in [0.5, 0.6) is 0 Å². The summed E-state index contributed by atoms with van der Waals surface area (Å²) in [6.07, 6.45) is 4.33. The second kappa shape index (κ2) is 6.80. The van der Waals surface area contributed by atoms with Gasteiger partial charge in [0.1, 0.15) is 0 Å². The Morgan fingerprint density at radius 1 is 1.29 bits per heavy atom. The standard InChI is InChI=1S/C14H27N3/c1-6-14(15-7-2)12(5)10-13-8-9-17(16-13)11(3)4/h8-9,11-12,14-15H,6-7,10H2,1-5H3. The lowest BCUT2D eigenvalue weighted by molar-refractivity contribution is 0.366. The molecule has 0 bridgehead atoms. The predicted octanol–water partition coefficient (Wildman–Crippen LogP) is 3.03. The van der Waals surface area contributed by atoms with Crippen LogP contribution in [0.3, 0.4) is 0 Å². The third-order valence-electron chi connectivity index (χ3n) is 3.32. The van der Waals surface area contributed by atoms with Crippen molar-refractivity contribution >= 4 is 0 Å². The molecule has 17 heavy (non-hydrogen) atoms. The van der Waals surface area contributed by atoms with Crippen LogP contribution in [0.4, 0.5) is 0 Å². The molecular weight excluding hydrogens is 210 g/mol. The molecule has 0 fully saturated rings. The zero-order chi connectivity index (χ0) is 12.8. The molecule has 0 aromatic carbocycles. The number of hydrogen-bond acceptors (Lipinski definition) is 2. The molecule has 0 radical (unpaired) electrons. The molecule has 0 amide bonds. The summed E-state index contributed by atoms with van der Waals surface area (Å²) in [5.74, 6) is 0.635. The first-order valence-corrected chi connectivity index (χ1v) is 6.85. The Morgan fingerprint density at radius 2 is 2.00 bits per heavy atom. The van der Waals surface area contributed by atoms with E-state index in [0.29, 0.717) is 18.0 Å². The molecule has 0 spiro atoms. The highest BCUT2D eigenvalue weighted by Crippen LogP contribution is 2.14. The lowest BCUT2D eigenvalue weighted by atomic mass is 9.95. The largest absolute Gasteiger partial charge is 0.314 e. The Bertz CT molecular complexity index is 317. The van der Waals surface area contributed by atoms with Gasteiger partial charge >= 0.3 is 0 Å². The van der Waals surface area contributed by atoms with Gasteiger partial charge in [-0.15, -0.1) is 0 Å². The van der Waals surface area contributed by atoms with Gasteiger partial charge in [0.25, 0.3) is 0 Å². The normalized spacial score (nSPS) is 15.2. The highest BCUT2D eigenvalue weighted by atomic mass is 15.3. The van der Waals surface area contributed by atoms with Gasteiger partial charge in [-0.1, -0.05) is 20.8 Å². The Kier molecular flexibility index (Phi) is 5.69. The van der Waals surface area contributed by atoms with Crippen molar-refractivity contribution in [1.29, 1.82) is 0 Å². The van der Waals surface area contributed by atoms with Gasteiger partial charge < -0.3 is 5.32 Å². The van der Waals surface area contributed by atoms with E-state index in [4.69, 9.17) is 0 Å². The molecule has 1 aromatic heterocycles. The van der Waals surface area contributed by atoms with Crippen LogP contribution in [-0.4, -0.2) is 22.4 Å². The van der Waals surface area contributed by atoms with E-state index in [-0.39, 0.29) is 0 Å². The molecule has 0 saturated heterocycles. The summed E-state index contributed by atoms with van der Waals surface area (Å²) in [6, 6.07) is 3.20. The molecule has 98 valence electrons. The molecule has 1 aromatic rings. The Labute approximate surface area is 106 Å². The highest BCUT2D eigenvalue weighted by molar-refractivity contribution is 5.01. The third-order valence-corrected chi connectivity index (χ3v) is 3.32. The van der Waals surface area contributed by atoms with Crippen LogP contribution >= 0.6 is 0 Å². The van der Waals surface area contributed by atoms with Crippen LogP contribution in [0.25, 0.3) is 0 Å². The molecule has 2 unspecified atom stereocenters. The molecule has 0 saturated carbocycles. The fourth-order valence-corrected chi connectivity index (χ4v) is 2.26. The number of rotatable bonds is 7. The molecule has 1 rings (SSSR count). The molecule has 3 nitrogen and oxygen atoms in total. The van der Waals surface area contributed by atoms with E-state index < -0.39 is 0 Å². The van der Waals surface area contributed by atoms with Crippen LogP contribution in [0.2, 0.25) is 0 Å². The van der Waals surface area contributed by atoms with Crippen molar-refractivity contribution < 1.29 is 0 Å². The van der Waals surface area contributed by atoms with E-state index in [9.17, 15) is 0 Å². The van der Waals surface area contributed by atoms with Gasteiger partial charge in [0.2, 0.25) is 0 Å². The van der Waals surface area contributed by atoms with Crippen LogP contribution in [0, 0.1) is 5.92 Å². The fraction of sp³-hybridized carbons (Fsp3) is 0.786. The first kappa shape index (κ1) is 14.2. The average molecular weight is 237 g/mol. The van der Waals surface area contributed by atoms with Gasteiger partial charge in [0, 0.05) is 18.3 Å². The van der Waals surface area contributed by atoms with E-state index >= 15 is 0 Å². The Hall–Kier alpha value is -0.830. The predicted molar refractivity (Wildman–Crippen MR) is 73.2 cm³/mol. The summed E-state index contributed by atoms with van der Waals surface area (Å²) in [6.45, 7) is 12.1. The van der Waals surface area contributed by atoms with Gasteiger partial charge in [-0.3, -0.25) is 4.68 Å². The van der Waals surface area contributed by atoms with E-state index in [0.717, 1.165) is 13.0 Å². The van der Waals surface area contributed by atoms with Crippen LogP contribution in [0.1, 0.15) is 52.8 Å². The third kappa shape index (κ3) is 4.15. The van der Waals surface area contributed by atoms with Crippen LogP contribution in [-0.2, 0) is 6.42 Å². The Balaban J connectivity index is 2.56. The maximum Gasteiger partial charge on any atom is 0.0627 e. The molecule has 1 heterocycles. The summed E-state index contributed by atoms with van der Waals surface area (Å²) < 4.78 is 2.04. The number of nitrogens with zero attached hydrogens (tertiary/aromatic N) is 2. The van der Waals surface area contributed by atoms with Crippen LogP contribution in [0.15, 0.2) is 12.3 Å². The van der Waals surface area contributed by atoms with Crippen LogP contribution < -0.4 is 5.32 Å². The Morgan fingerprint density at radius 3 is 2.47 bits per heavy atom. The van der Waals surface area contributed by atoms with Crippen molar-refractivity contribution in [2.24, 2.45) is 5.92 Å². The summed E-state index contributed by atoms with van der Waals surface area (Å²) in [5.41, 5.74) is 1.21. The smallest absolute Gasteiger partial charge is 0.0627 e. The highest BCUT2D eigenvalue weighted by Gasteiger charge is 2.16. The molecular formula is C14H27N3. The average Bonchev–Trinajstić information content (AvgIpc) is 2.74. The minimum absolute atomic E-state index is 0.454. The number of nitrogens with one attached hydrogen (secondary N) is 1. The van der Waals surface area contributed by atoms with Crippen molar-refractivity contribution in [2.45, 2.75) is 59.5 Å². The van der Waals surface area contributed by atoms with Gasteiger partial charge in [0.15, 0.2) is 0 Å². The topological polar surface area (TPSA) is 29.9 Å². The summed E-state index contributed by atoms with van der Waals surface area (Å²) in [5, 5.41) is 8.16. The zero-order valence-electron chi connectivity index (χ0n) is 11.9. The zero-order valence-corrected chi connectivity index (χ0v) is 11.9. The molecule has 2 atom stereocenters. The quantitative estimate of drug-likeness (QED) is 0.790. The van der Waals surface area contributed by atoms with E-state index in [1.807, 2.05) is 4.68 Å². The fourth-order valence-electron chi connectivity index (χ4n) is 2.26. The molecule has 0 aliphatic carbocycles. The SMILES string of the molecule is CCNC(CC)C(C)Cc1ccn(C(C)C)n1. The van der Waals surface area contributed by atoms with Gasteiger partial charge in [-0.25, -0.2) is 0 Å². The monoisotopic (exact) mass is 237 g/mol. The first-order valence-electron chi connectivity index (χ1n) is 6.85. The molecule has 0 aliphatic rings. The lowest BCUT2D eigenvalue weighted by Gasteiger charge is -2.22. The van der Waals surface area contributed by atoms with Crippen molar-refractivity contribution in [1.82, 2.24) is 15.1 Å². The maximum absolute atomic E-state index is 4.62. The van der Waals surface area contributed by atoms with E-state index in [2.05, 4.69) is 57.3 Å². The van der Waals surface area contributed by atoms with Crippen molar-refractivity contribution in [3.8, 4) is 0 Å². The second-order valence-electron chi connectivity index (χ2n) is 5.13. The number of aromatic nitrogens is 2. The van der Waals surface area contributed by atoms with Gasteiger partial charge in [-0.2, -0.15) is 5.10 Å². The molecule has 3 heteroatoms. The summed E-state index contributed by atoms with van der Waals surface area (Å²) >= 11 is 0. The van der Waals surface area contributed by atoms with Gasteiger partial charge in [-0.05, 0) is 45.2 Å². The van der Waals surface area contributed by atoms with E-state index in [1.54, 1.807) is 0 Å². The first-order chi connectivity index (χ1) is 8.08. The minimum Gasteiger partial charge on any atom is -0.314 e. The van der Waals surface area contributed by atoms with Gasteiger partial charge in [0.05, 0.1) is 5.69 Å². The molecule has 1 N–H and O–H groups in total. The number of hydrogen-bond donors (Lipinski definition) is 1. The maximum atomic E-state index is 4.62. The van der Waals surface area contributed by atoms with Crippen molar-refractivity contribution in [3.63, 3.8) is 0 Å². The van der Waals surface area contributed by atoms with Crippen molar-refractivity contribution in [2.75, 3.05) is 6.54 Å². The second-order valence-corrected chi connectivity index (χ2v) is 5.13. The summed E-state index contributed by atoms with van der Waals surface area (Å²) in [4.78, 5) is 0. The molecule has 0 aliphatic heterocycles. The van der Waals surface area contributed by atoms with E-state index in [1.165, 1.54) is 12.1 Å². The minimum atomic E-state index is 0.454. The van der Waals surface area contributed by atoms with Crippen molar-refractivity contribution in [3.05, 3.63) is 18.0 Å².